The van der Waals surface area contributed by atoms with E-state index in [9.17, 15) is 4.79 Å². The number of rotatable bonds is 5. The molecule has 2 N–H and O–H groups in total. The minimum Gasteiger partial charge on any atom is -0.393 e. The van der Waals surface area contributed by atoms with E-state index in [0.717, 1.165) is 32.4 Å². The molecule has 2 unspecified atom stereocenters. The molecule has 0 aromatic rings. The molecule has 1 aliphatic rings. The molecule has 3 nitrogen and oxygen atoms in total. The van der Waals surface area contributed by atoms with Crippen molar-refractivity contribution in [2.24, 2.45) is 23.5 Å². The number of likely N-dealkylation sites (tertiary alicyclic amines) is 1. The Hall–Kier alpha value is -0.640. The maximum atomic E-state index is 12.3. The molecule has 1 amide bonds. The standard InChI is InChI=1S/C13H24N2OS/c1-4-5-11(12(14)17)13(16)15-7-6-10(8-15)9(2)3/h9-11H,4-8H2,1-3H3,(H2,14,17). The fourth-order valence-corrected chi connectivity index (χ4v) is 2.65. The average molecular weight is 256 g/mol. The topological polar surface area (TPSA) is 46.3 Å². The Labute approximate surface area is 110 Å². The van der Waals surface area contributed by atoms with E-state index in [1.807, 2.05) is 4.90 Å². The van der Waals surface area contributed by atoms with E-state index in [1.165, 1.54) is 0 Å². The summed E-state index contributed by atoms with van der Waals surface area (Å²) < 4.78 is 0. The predicted octanol–water partition coefficient (Wildman–Crippen LogP) is 2.19. The van der Waals surface area contributed by atoms with Gasteiger partial charge < -0.3 is 10.6 Å². The van der Waals surface area contributed by atoms with Crippen LogP contribution in [0.1, 0.15) is 40.0 Å². The van der Waals surface area contributed by atoms with Crippen LogP contribution in [0.15, 0.2) is 0 Å². The molecule has 0 aliphatic carbocycles. The first-order chi connectivity index (χ1) is 7.97. The van der Waals surface area contributed by atoms with Gasteiger partial charge in [0.2, 0.25) is 5.91 Å². The predicted molar refractivity (Wildman–Crippen MR) is 74.7 cm³/mol. The summed E-state index contributed by atoms with van der Waals surface area (Å²) in [5, 5.41) is 0. The molecule has 0 saturated carbocycles. The highest BCUT2D eigenvalue weighted by Crippen LogP contribution is 2.25. The van der Waals surface area contributed by atoms with Crippen molar-refractivity contribution < 1.29 is 4.79 Å². The Bertz CT molecular complexity index is 291. The molecule has 1 fully saturated rings. The number of hydrogen-bond acceptors (Lipinski definition) is 2. The molecule has 1 saturated heterocycles. The van der Waals surface area contributed by atoms with Crippen LogP contribution in [-0.4, -0.2) is 28.9 Å². The number of nitrogens with zero attached hydrogens (tertiary/aromatic N) is 1. The number of amides is 1. The Morgan fingerprint density at radius 1 is 1.53 bits per heavy atom. The van der Waals surface area contributed by atoms with E-state index in [2.05, 4.69) is 20.8 Å². The molecule has 0 radical (unpaired) electrons. The molecular formula is C13H24N2OS. The third-order valence-corrected chi connectivity index (χ3v) is 3.98. The van der Waals surface area contributed by atoms with Gasteiger partial charge in [0.25, 0.3) is 0 Å². The van der Waals surface area contributed by atoms with Crippen molar-refractivity contribution in [2.75, 3.05) is 13.1 Å². The first-order valence-corrected chi connectivity index (χ1v) is 6.96. The van der Waals surface area contributed by atoms with Crippen LogP contribution in [0.2, 0.25) is 0 Å². The summed E-state index contributed by atoms with van der Waals surface area (Å²) in [4.78, 5) is 14.6. The molecule has 4 heteroatoms. The van der Waals surface area contributed by atoms with Gasteiger partial charge in [0.1, 0.15) is 0 Å². The van der Waals surface area contributed by atoms with Gasteiger partial charge in [-0.3, -0.25) is 4.79 Å². The number of carbonyl (C=O) groups excluding carboxylic acids is 1. The average Bonchev–Trinajstić information content (AvgIpc) is 2.73. The maximum absolute atomic E-state index is 12.3. The molecule has 1 aliphatic heterocycles. The van der Waals surface area contributed by atoms with Crippen LogP contribution in [0.4, 0.5) is 0 Å². The van der Waals surface area contributed by atoms with Gasteiger partial charge in [0, 0.05) is 13.1 Å². The van der Waals surface area contributed by atoms with Crippen LogP contribution in [0.3, 0.4) is 0 Å². The zero-order valence-corrected chi connectivity index (χ0v) is 11.9. The minimum absolute atomic E-state index is 0.141. The van der Waals surface area contributed by atoms with Crippen molar-refractivity contribution in [3.63, 3.8) is 0 Å². The molecule has 2 atom stereocenters. The quantitative estimate of drug-likeness (QED) is 0.767. The smallest absolute Gasteiger partial charge is 0.232 e. The molecule has 0 bridgehead atoms. The van der Waals surface area contributed by atoms with Gasteiger partial charge in [-0.25, -0.2) is 0 Å². The lowest BCUT2D eigenvalue weighted by Crippen LogP contribution is -2.40. The largest absolute Gasteiger partial charge is 0.393 e. The number of nitrogens with two attached hydrogens (primary N) is 1. The minimum atomic E-state index is -0.249. The highest BCUT2D eigenvalue weighted by molar-refractivity contribution is 7.80. The second-order valence-electron chi connectivity index (χ2n) is 5.32. The summed E-state index contributed by atoms with van der Waals surface area (Å²) in [6.45, 7) is 8.23. The summed E-state index contributed by atoms with van der Waals surface area (Å²) >= 11 is 5.01. The normalized spacial score (nSPS) is 21.9. The van der Waals surface area contributed by atoms with Crippen molar-refractivity contribution in [2.45, 2.75) is 40.0 Å². The summed E-state index contributed by atoms with van der Waals surface area (Å²) in [5.41, 5.74) is 5.67. The van der Waals surface area contributed by atoms with Gasteiger partial charge >= 0.3 is 0 Å². The van der Waals surface area contributed by atoms with Gasteiger partial charge in [0.05, 0.1) is 10.9 Å². The summed E-state index contributed by atoms with van der Waals surface area (Å²) in [7, 11) is 0. The first kappa shape index (κ1) is 14.4. The van der Waals surface area contributed by atoms with Crippen LogP contribution in [-0.2, 0) is 4.79 Å². The van der Waals surface area contributed by atoms with E-state index in [-0.39, 0.29) is 11.8 Å². The monoisotopic (exact) mass is 256 g/mol. The van der Waals surface area contributed by atoms with E-state index in [4.69, 9.17) is 18.0 Å². The number of thiocarbonyl (C=S) groups is 1. The summed E-state index contributed by atoms with van der Waals surface area (Å²) in [5.74, 6) is 1.17. The van der Waals surface area contributed by atoms with Crippen molar-refractivity contribution in [1.82, 2.24) is 4.90 Å². The van der Waals surface area contributed by atoms with Crippen molar-refractivity contribution in [1.29, 1.82) is 0 Å². The van der Waals surface area contributed by atoms with E-state index >= 15 is 0 Å². The van der Waals surface area contributed by atoms with E-state index in [0.29, 0.717) is 16.8 Å². The summed E-state index contributed by atoms with van der Waals surface area (Å²) in [6.07, 6.45) is 2.83. The van der Waals surface area contributed by atoms with Gasteiger partial charge in [-0.15, -0.1) is 0 Å². The Balaban J connectivity index is 2.60. The van der Waals surface area contributed by atoms with Crippen molar-refractivity contribution >= 4 is 23.1 Å². The Kier molecular flexibility index (Phi) is 5.37. The number of carbonyl (C=O) groups is 1. The zero-order valence-electron chi connectivity index (χ0n) is 11.1. The van der Waals surface area contributed by atoms with Gasteiger partial charge in [0.15, 0.2) is 0 Å². The Morgan fingerprint density at radius 3 is 2.59 bits per heavy atom. The second-order valence-corrected chi connectivity index (χ2v) is 5.79. The third-order valence-electron chi connectivity index (χ3n) is 3.70. The van der Waals surface area contributed by atoms with Crippen LogP contribution in [0, 0.1) is 17.8 Å². The molecule has 1 rings (SSSR count). The SMILES string of the molecule is CCCC(C(=O)N1CCC(C(C)C)C1)C(N)=S. The van der Waals surface area contributed by atoms with Crippen molar-refractivity contribution in [3.8, 4) is 0 Å². The Morgan fingerprint density at radius 2 is 2.18 bits per heavy atom. The molecule has 0 aromatic carbocycles. The molecule has 1 heterocycles. The number of hydrogen-bond donors (Lipinski definition) is 1. The lowest BCUT2D eigenvalue weighted by atomic mass is 9.95. The third kappa shape index (κ3) is 3.66. The van der Waals surface area contributed by atoms with Crippen molar-refractivity contribution in [3.05, 3.63) is 0 Å². The highest BCUT2D eigenvalue weighted by Gasteiger charge is 2.32. The van der Waals surface area contributed by atoms with Crippen LogP contribution in [0.5, 0.6) is 0 Å². The van der Waals surface area contributed by atoms with Crippen LogP contribution >= 0.6 is 12.2 Å². The molecular weight excluding hydrogens is 232 g/mol. The summed E-state index contributed by atoms with van der Waals surface area (Å²) in [6, 6.07) is 0. The zero-order chi connectivity index (χ0) is 13.0. The van der Waals surface area contributed by atoms with Gasteiger partial charge in [-0.1, -0.05) is 39.4 Å². The lowest BCUT2D eigenvalue weighted by molar-refractivity contribution is -0.132. The maximum Gasteiger partial charge on any atom is 0.232 e. The van der Waals surface area contributed by atoms with Crippen LogP contribution in [0.25, 0.3) is 0 Å². The van der Waals surface area contributed by atoms with Crippen LogP contribution < -0.4 is 5.73 Å². The highest BCUT2D eigenvalue weighted by atomic mass is 32.1. The molecule has 17 heavy (non-hydrogen) atoms. The fraction of sp³-hybridized carbons (Fsp3) is 0.846. The van der Waals surface area contributed by atoms with Gasteiger partial charge in [-0.05, 0) is 24.7 Å². The molecule has 0 spiro atoms. The van der Waals surface area contributed by atoms with E-state index < -0.39 is 0 Å². The first-order valence-electron chi connectivity index (χ1n) is 6.55. The lowest BCUT2D eigenvalue weighted by Gasteiger charge is -2.23. The molecule has 0 aromatic heterocycles. The second kappa shape index (κ2) is 6.34. The molecule has 98 valence electrons. The van der Waals surface area contributed by atoms with Gasteiger partial charge in [-0.2, -0.15) is 0 Å². The fourth-order valence-electron chi connectivity index (χ4n) is 2.43. The van der Waals surface area contributed by atoms with E-state index in [1.54, 1.807) is 0 Å².